The third-order valence-electron chi connectivity index (χ3n) is 1.84. The van der Waals surface area contributed by atoms with Crippen molar-refractivity contribution in [3.8, 4) is 6.07 Å². The first-order valence-electron chi connectivity index (χ1n) is 4.15. The average Bonchev–Trinajstić information content (AvgIpc) is 2.19. The molecule has 0 saturated carbocycles. The van der Waals surface area contributed by atoms with E-state index in [4.69, 9.17) is 16.9 Å². The molecule has 15 heavy (non-hydrogen) atoms. The highest BCUT2D eigenvalue weighted by molar-refractivity contribution is 9.12. The van der Waals surface area contributed by atoms with E-state index >= 15 is 0 Å². The van der Waals surface area contributed by atoms with Gasteiger partial charge < -0.3 is 0 Å². The van der Waals surface area contributed by atoms with Crippen molar-refractivity contribution < 1.29 is 12.8 Å². The lowest BCUT2D eigenvalue weighted by atomic mass is 10.6. The van der Waals surface area contributed by atoms with Crippen LogP contribution in [-0.2, 0) is 9.84 Å². The number of halogens is 3. The molecule has 0 aromatic heterocycles. The molecule has 2 atom stereocenters. The fraction of sp³-hybridized carbons (Fsp3) is 0.857. The van der Waals surface area contributed by atoms with Crippen LogP contribution in [0.3, 0.4) is 0 Å². The van der Waals surface area contributed by atoms with Crippen LogP contribution in [0.5, 0.6) is 0 Å². The first kappa shape index (κ1) is 15.1. The van der Waals surface area contributed by atoms with Crippen molar-refractivity contribution in [2.45, 2.75) is 22.6 Å². The lowest BCUT2D eigenvalue weighted by Gasteiger charge is -2.25. The molecule has 0 aromatic rings. The zero-order valence-electron chi connectivity index (χ0n) is 8.24. The molecule has 0 radical (unpaired) electrons. The predicted molar refractivity (Wildman–Crippen MR) is 59.9 cm³/mol. The molecule has 88 valence electrons. The standard InChI is InChI=1S/C7H11BrClFN2O2S/c1-3-12(4-2)6(10)15(13,14)7(8,9)5-11/h6H,3-4H2,1-2H3. The number of alkyl halides is 3. The zero-order chi connectivity index (χ0) is 12.3. The first-order chi connectivity index (χ1) is 6.74. The normalized spacial score (nSPS) is 18.2. The van der Waals surface area contributed by atoms with Crippen molar-refractivity contribution in [2.75, 3.05) is 13.1 Å². The Bertz CT molecular complexity index is 350. The Morgan fingerprint density at radius 1 is 1.60 bits per heavy atom. The van der Waals surface area contributed by atoms with Gasteiger partial charge in [0.1, 0.15) is 6.07 Å². The number of hydrogen-bond donors (Lipinski definition) is 0. The van der Waals surface area contributed by atoms with Crippen molar-refractivity contribution in [3.05, 3.63) is 0 Å². The van der Waals surface area contributed by atoms with Crippen LogP contribution in [0, 0.1) is 11.3 Å². The SMILES string of the molecule is CCN(CC)C(F)S(=O)(=O)C(Cl)(Br)C#N. The molecule has 0 fully saturated rings. The Morgan fingerprint density at radius 3 is 2.27 bits per heavy atom. The molecule has 0 aliphatic carbocycles. The molecule has 0 heterocycles. The second-order valence-electron chi connectivity index (χ2n) is 2.69. The molecule has 0 rings (SSSR count). The van der Waals surface area contributed by atoms with Gasteiger partial charge in [0.15, 0.2) is 0 Å². The van der Waals surface area contributed by atoms with Crippen molar-refractivity contribution in [3.63, 3.8) is 0 Å². The minimum Gasteiger partial charge on any atom is -0.262 e. The van der Waals surface area contributed by atoms with Crippen LogP contribution >= 0.6 is 27.5 Å². The lowest BCUT2D eigenvalue weighted by Crippen LogP contribution is -2.43. The number of rotatable bonds is 5. The molecular formula is C7H11BrClFN2O2S. The van der Waals surface area contributed by atoms with E-state index in [1.54, 1.807) is 13.8 Å². The van der Waals surface area contributed by atoms with E-state index in [9.17, 15) is 12.8 Å². The van der Waals surface area contributed by atoms with Gasteiger partial charge in [-0.2, -0.15) is 5.26 Å². The van der Waals surface area contributed by atoms with Gasteiger partial charge in [0.05, 0.1) is 0 Å². The Labute approximate surface area is 102 Å². The summed E-state index contributed by atoms with van der Waals surface area (Å²) in [5.41, 5.74) is -2.29. The van der Waals surface area contributed by atoms with Crippen molar-refractivity contribution in [2.24, 2.45) is 0 Å². The van der Waals surface area contributed by atoms with Crippen LogP contribution in [0.25, 0.3) is 0 Å². The number of hydrogen-bond acceptors (Lipinski definition) is 4. The summed E-state index contributed by atoms with van der Waals surface area (Å²) in [6.07, 6.45) is 0. The van der Waals surface area contributed by atoms with Crippen LogP contribution in [-0.4, -0.2) is 35.2 Å². The van der Waals surface area contributed by atoms with Crippen LogP contribution < -0.4 is 0 Å². The highest BCUT2D eigenvalue weighted by Crippen LogP contribution is 2.34. The maximum absolute atomic E-state index is 13.6. The van der Waals surface area contributed by atoms with Gasteiger partial charge in [0.25, 0.3) is 8.74 Å². The van der Waals surface area contributed by atoms with E-state index in [1.165, 1.54) is 6.07 Å². The highest BCUT2D eigenvalue weighted by Gasteiger charge is 2.47. The third-order valence-corrected chi connectivity index (χ3v) is 5.72. The van der Waals surface area contributed by atoms with Gasteiger partial charge in [-0.25, -0.2) is 12.8 Å². The van der Waals surface area contributed by atoms with Gasteiger partial charge in [-0.3, -0.25) is 4.90 Å². The van der Waals surface area contributed by atoms with E-state index in [0.717, 1.165) is 4.90 Å². The summed E-state index contributed by atoms with van der Waals surface area (Å²) in [5.74, 6) is 0. The minimum absolute atomic E-state index is 0.211. The first-order valence-corrected chi connectivity index (χ1v) is 6.87. The molecule has 0 aromatic carbocycles. The molecule has 0 aliphatic heterocycles. The maximum atomic E-state index is 13.6. The smallest absolute Gasteiger partial charge is 0.262 e. The van der Waals surface area contributed by atoms with Gasteiger partial charge in [-0.1, -0.05) is 25.4 Å². The monoisotopic (exact) mass is 320 g/mol. The lowest BCUT2D eigenvalue weighted by molar-refractivity contribution is 0.160. The predicted octanol–water partition coefficient (Wildman–Crippen LogP) is 1.81. The summed E-state index contributed by atoms with van der Waals surface area (Å²) in [6, 6.07) is 1.29. The van der Waals surface area contributed by atoms with Crippen molar-refractivity contribution in [1.29, 1.82) is 5.26 Å². The van der Waals surface area contributed by atoms with Crippen molar-refractivity contribution in [1.82, 2.24) is 4.90 Å². The maximum Gasteiger partial charge on any atom is 0.288 e. The fourth-order valence-electron chi connectivity index (χ4n) is 0.893. The van der Waals surface area contributed by atoms with Gasteiger partial charge in [0, 0.05) is 0 Å². The van der Waals surface area contributed by atoms with E-state index < -0.39 is 18.6 Å². The quantitative estimate of drug-likeness (QED) is 0.572. The van der Waals surface area contributed by atoms with Gasteiger partial charge in [-0.15, -0.1) is 0 Å². The molecule has 0 amide bonds. The van der Waals surface area contributed by atoms with E-state index in [1.807, 2.05) is 0 Å². The Kier molecular flexibility index (Phi) is 5.47. The summed E-state index contributed by atoms with van der Waals surface area (Å²) in [6.45, 7) is 3.65. The second kappa shape index (κ2) is 5.43. The van der Waals surface area contributed by atoms with Crippen LogP contribution in [0.4, 0.5) is 4.39 Å². The number of nitriles is 1. The summed E-state index contributed by atoms with van der Waals surface area (Å²) in [7, 11) is -4.43. The van der Waals surface area contributed by atoms with E-state index in [-0.39, 0.29) is 13.1 Å². The molecule has 2 unspecified atom stereocenters. The summed E-state index contributed by atoms with van der Waals surface area (Å²) < 4.78 is 34.2. The largest absolute Gasteiger partial charge is 0.288 e. The molecular weight excluding hydrogens is 311 g/mol. The van der Waals surface area contributed by atoms with Crippen LogP contribution in [0.2, 0.25) is 0 Å². The fourth-order valence-corrected chi connectivity index (χ4v) is 2.64. The summed E-state index contributed by atoms with van der Waals surface area (Å²) >= 11 is 7.85. The Balaban J connectivity index is 5.16. The second-order valence-corrected chi connectivity index (χ2v) is 7.74. The average molecular weight is 322 g/mol. The summed E-state index contributed by atoms with van der Waals surface area (Å²) in [4.78, 5) is 1.05. The van der Waals surface area contributed by atoms with Gasteiger partial charge >= 0.3 is 0 Å². The minimum atomic E-state index is -4.43. The third kappa shape index (κ3) is 3.03. The molecule has 8 heteroatoms. The van der Waals surface area contributed by atoms with E-state index in [2.05, 4.69) is 15.9 Å². The molecule has 0 N–H and O–H groups in total. The van der Waals surface area contributed by atoms with E-state index in [0.29, 0.717) is 0 Å². The Morgan fingerprint density at radius 2 is 2.00 bits per heavy atom. The zero-order valence-corrected chi connectivity index (χ0v) is 11.4. The molecule has 0 aliphatic rings. The van der Waals surface area contributed by atoms with Crippen molar-refractivity contribution >= 4 is 37.4 Å². The number of nitrogens with zero attached hydrogens (tertiary/aromatic N) is 2. The number of sulfone groups is 1. The van der Waals surface area contributed by atoms with Crippen LogP contribution in [0.15, 0.2) is 0 Å². The topological polar surface area (TPSA) is 61.2 Å². The highest BCUT2D eigenvalue weighted by atomic mass is 79.9. The van der Waals surface area contributed by atoms with Gasteiger partial charge in [-0.05, 0) is 29.0 Å². The molecule has 0 saturated heterocycles. The van der Waals surface area contributed by atoms with Gasteiger partial charge in [0.2, 0.25) is 9.84 Å². The molecule has 0 spiro atoms. The Hall–Kier alpha value is 0.1000. The summed E-state index contributed by atoms with van der Waals surface area (Å²) in [5, 5.41) is 8.51. The van der Waals surface area contributed by atoms with Crippen LogP contribution in [0.1, 0.15) is 13.8 Å². The molecule has 4 nitrogen and oxygen atoms in total. The molecule has 0 bridgehead atoms.